The predicted octanol–water partition coefficient (Wildman–Crippen LogP) is 0.708. The topological polar surface area (TPSA) is 81.8 Å². The lowest BCUT2D eigenvalue weighted by atomic mass is 10.0. The van der Waals surface area contributed by atoms with E-state index in [1.807, 2.05) is 6.07 Å². The number of benzene rings is 1. The summed E-state index contributed by atoms with van der Waals surface area (Å²) in [5, 5.41) is 4.66. The van der Waals surface area contributed by atoms with Gasteiger partial charge in [-0.05, 0) is 11.6 Å². The number of ether oxygens (including phenoxy) is 2. The lowest BCUT2D eigenvalue weighted by Gasteiger charge is -2.41. The molecule has 4 rings (SSSR count). The lowest BCUT2D eigenvalue weighted by Crippen LogP contribution is -2.57. The number of nitrogens with zero attached hydrogens (tertiary/aromatic N) is 2. The number of aromatic nitrogens is 1. The summed E-state index contributed by atoms with van der Waals surface area (Å²) < 4.78 is 14.0. The fourth-order valence-electron chi connectivity index (χ4n) is 4.13. The first-order chi connectivity index (χ1) is 13.2. The summed E-state index contributed by atoms with van der Waals surface area (Å²) >= 11 is 0. The van der Waals surface area contributed by atoms with Gasteiger partial charge in [-0.3, -0.25) is 9.69 Å². The van der Waals surface area contributed by atoms with Crippen LogP contribution in [0.3, 0.4) is 0 Å². The monoisotopic (exact) mass is 372 g/mol. The molecule has 1 aromatic heterocycles. The highest BCUT2D eigenvalue weighted by molar-refractivity contribution is 5.84. The van der Waals surface area contributed by atoms with Gasteiger partial charge in [0, 0.05) is 62.8 Å². The second-order valence-electron chi connectivity index (χ2n) is 7.55. The minimum Gasteiger partial charge on any atom is -0.377 e. The van der Waals surface area contributed by atoms with Gasteiger partial charge in [0.05, 0.1) is 19.8 Å². The van der Waals surface area contributed by atoms with Crippen molar-refractivity contribution in [1.29, 1.82) is 0 Å². The maximum Gasteiger partial charge on any atom is 0.219 e. The van der Waals surface area contributed by atoms with Gasteiger partial charge in [-0.1, -0.05) is 18.2 Å². The Bertz CT molecular complexity index is 796. The Labute approximate surface area is 159 Å². The molecule has 7 heteroatoms. The van der Waals surface area contributed by atoms with Gasteiger partial charge in [-0.25, -0.2) is 0 Å². The van der Waals surface area contributed by atoms with Crippen molar-refractivity contribution in [3.05, 3.63) is 36.0 Å². The first kappa shape index (κ1) is 18.4. The normalized spacial score (nSPS) is 24.3. The van der Waals surface area contributed by atoms with E-state index in [0.29, 0.717) is 26.2 Å². The molecule has 0 unspecified atom stereocenters. The fraction of sp³-hybridized carbons (Fsp3) is 0.550. The zero-order valence-corrected chi connectivity index (χ0v) is 15.7. The van der Waals surface area contributed by atoms with Crippen LogP contribution in [-0.4, -0.2) is 67.0 Å². The van der Waals surface area contributed by atoms with Crippen LogP contribution in [-0.2, 0) is 27.4 Å². The van der Waals surface area contributed by atoms with Crippen molar-refractivity contribution in [2.24, 2.45) is 5.73 Å². The molecule has 2 saturated heterocycles. The first-order valence-electron chi connectivity index (χ1n) is 9.65. The van der Waals surface area contributed by atoms with E-state index >= 15 is 0 Å². The molecule has 0 aliphatic carbocycles. The molecule has 1 aromatic carbocycles. The van der Waals surface area contributed by atoms with E-state index in [1.165, 1.54) is 10.9 Å². The van der Waals surface area contributed by atoms with Crippen LogP contribution in [0.1, 0.15) is 12.0 Å². The molecule has 1 atom stereocenters. The number of carbonyl (C=O) groups excluding carboxylic acids is 1. The lowest BCUT2D eigenvalue weighted by molar-refractivity contribution is -0.135. The number of nitrogens with one attached hydrogen (secondary N) is 1. The zero-order valence-electron chi connectivity index (χ0n) is 15.7. The Morgan fingerprint density at radius 2 is 2.19 bits per heavy atom. The molecule has 2 aromatic rings. The minimum atomic E-state index is -0.273. The maximum absolute atomic E-state index is 11.2. The van der Waals surface area contributed by atoms with Crippen LogP contribution >= 0.6 is 0 Å². The molecule has 146 valence electrons. The molecule has 0 radical (unpaired) electrons. The quantitative estimate of drug-likeness (QED) is 0.808. The maximum atomic E-state index is 11.2. The largest absolute Gasteiger partial charge is 0.377 e. The highest BCUT2D eigenvalue weighted by atomic mass is 16.5. The number of hydrogen-bond acceptors (Lipinski definition) is 5. The molecule has 2 aliphatic heterocycles. The summed E-state index contributed by atoms with van der Waals surface area (Å²) in [5.74, 6) is -0.273. The molecule has 1 spiro atoms. The van der Waals surface area contributed by atoms with Crippen molar-refractivity contribution in [2.45, 2.75) is 25.1 Å². The number of hydrogen-bond donors (Lipinski definition) is 2. The average Bonchev–Trinajstić information content (AvgIpc) is 2.85. The highest BCUT2D eigenvalue weighted by Crippen LogP contribution is 2.26. The number of amides is 1. The Morgan fingerprint density at radius 3 is 3.07 bits per heavy atom. The van der Waals surface area contributed by atoms with Crippen molar-refractivity contribution in [1.82, 2.24) is 14.8 Å². The standard InChI is InChI=1S/C20H28N4O3/c21-19(25)5-7-24-12-16(17-3-1-2-4-18(17)24)11-23-8-10-27-20(14-23)13-22-6-9-26-15-20/h1-4,12,22H,5-11,13-15H2,(H2,21,25)/t20-/m0/s1. The summed E-state index contributed by atoms with van der Waals surface area (Å²) in [6, 6.07) is 8.35. The number of para-hydroxylation sites is 1. The number of fused-ring (bicyclic) bond motifs is 1. The van der Waals surface area contributed by atoms with Gasteiger partial charge in [0.15, 0.2) is 0 Å². The molecule has 0 saturated carbocycles. The summed E-state index contributed by atoms with van der Waals surface area (Å²) in [5.41, 5.74) is 7.50. The van der Waals surface area contributed by atoms with Gasteiger partial charge < -0.3 is 25.1 Å². The van der Waals surface area contributed by atoms with E-state index in [2.05, 4.69) is 39.2 Å². The van der Waals surface area contributed by atoms with Crippen molar-refractivity contribution < 1.29 is 14.3 Å². The Morgan fingerprint density at radius 1 is 1.30 bits per heavy atom. The number of nitrogens with two attached hydrogens (primary N) is 1. The van der Waals surface area contributed by atoms with Crippen molar-refractivity contribution in [3.8, 4) is 0 Å². The molecule has 3 N–H and O–H groups in total. The molecule has 7 nitrogen and oxygen atoms in total. The van der Waals surface area contributed by atoms with E-state index < -0.39 is 0 Å². The molecule has 2 aliphatic rings. The Balaban J connectivity index is 1.53. The van der Waals surface area contributed by atoms with Gasteiger partial charge in [0.25, 0.3) is 0 Å². The van der Waals surface area contributed by atoms with Crippen molar-refractivity contribution >= 4 is 16.8 Å². The smallest absolute Gasteiger partial charge is 0.219 e. The van der Waals surface area contributed by atoms with Gasteiger partial charge in [0.2, 0.25) is 5.91 Å². The van der Waals surface area contributed by atoms with Crippen LogP contribution < -0.4 is 11.1 Å². The summed E-state index contributed by atoms with van der Waals surface area (Å²) in [6.07, 6.45) is 2.51. The molecular formula is C20H28N4O3. The predicted molar refractivity (Wildman–Crippen MR) is 103 cm³/mol. The Kier molecular flexibility index (Phi) is 5.45. The molecule has 0 bridgehead atoms. The van der Waals surface area contributed by atoms with Gasteiger partial charge >= 0.3 is 0 Å². The number of aryl methyl sites for hydroxylation is 1. The molecule has 3 heterocycles. The third kappa shape index (κ3) is 4.16. The molecular weight excluding hydrogens is 344 g/mol. The van der Waals surface area contributed by atoms with E-state index in [0.717, 1.165) is 44.8 Å². The van der Waals surface area contributed by atoms with Crippen LogP contribution in [0.5, 0.6) is 0 Å². The molecule has 27 heavy (non-hydrogen) atoms. The van der Waals surface area contributed by atoms with E-state index in [1.54, 1.807) is 0 Å². The summed E-state index contributed by atoms with van der Waals surface area (Å²) in [7, 11) is 0. The van der Waals surface area contributed by atoms with Crippen LogP contribution in [0.4, 0.5) is 0 Å². The average molecular weight is 372 g/mol. The third-order valence-electron chi connectivity index (χ3n) is 5.43. The van der Waals surface area contributed by atoms with Crippen molar-refractivity contribution in [3.63, 3.8) is 0 Å². The number of morpholine rings is 1. The number of carbonyl (C=O) groups is 1. The fourth-order valence-corrected chi connectivity index (χ4v) is 4.13. The SMILES string of the molecule is NC(=O)CCn1cc(CN2CCO[C@@]3(CNCCOC3)C2)c2ccccc21. The highest BCUT2D eigenvalue weighted by Gasteiger charge is 2.38. The Hall–Kier alpha value is -1.93. The zero-order chi connectivity index (χ0) is 18.7. The number of rotatable bonds is 5. The minimum absolute atomic E-state index is 0.265. The van der Waals surface area contributed by atoms with Gasteiger partial charge in [0.1, 0.15) is 5.60 Å². The summed E-state index contributed by atoms with van der Waals surface area (Å²) in [6.45, 7) is 7.00. The third-order valence-corrected chi connectivity index (χ3v) is 5.43. The van der Waals surface area contributed by atoms with Gasteiger partial charge in [-0.15, -0.1) is 0 Å². The van der Waals surface area contributed by atoms with Crippen LogP contribution in [0.2, 0.25) is 0 Å². The van der Waals surface area contributed by atoms with E-state index in [-0.39, 0.29) is 11.5 Å². The second kappa shape index (κ2) is 7.98. The van der Waals surface area contributed by atoms with E-state index in [9.17, 15) is 4.79 Å². The van der Waals surface area contributed by atoms with Gasteiger partial charge in [-0.2, -0.15) is 0 Å². The van der Waals surface area contributed by atoms with Crippen LogP contribution in [0.15, 0.2) is 30.5 Å². The van der Waals surface area contributed by atoms with E-state index in [4.69, 9.17) is 15.2 Å². The second-order valence-corrected chi connectivity index (χ2v) is 7.55. The summed E-state index contributed by atoms with van der Waals surface area (Å²) in [4.78, 5) is 13.6. The van der Waals surface area contributed by atoms with Crippen LogP contribution in [0.25, 0.3) is 10.9 Å². The molecule has 2 fully saturated rings. The first-order valence-corrected chi connectivity index (χ1v) is 9.65. The van der Waals surface area contributed by atoms with Crippen LogP contribution in [0, 0.1) is 0 Å². The number of primary amides is 1. The van der Waals surface area contributed by atoms with Crippen molar-refractivity contribution in [2.75, 3.05) is 46.0 Å². The molecule has 1 amide bonds.